The molecule has 0 radical (unpaired) electrons. The van der Waals surface area contributed by atoms with E-state index in [-0.39, 0.29) is 6.23 Å². The van der Waals surface area contributed by atoms with E-state index >= 15 is 0 Å². The number of nitriles is 1. The zero-order valence-corrected chi connectivity index (χ0v) is 25.9. The van der Waals surface area contributed by atoms with Gasteiger partial charge in [-0.05, 0) is 68.8 Å². The Morgan fingerprint density at radius 1 is 0.596 bits per heavy atom. The standard InChI is InChI=1S/C43H33N3O/c44-27-29-8-10-31(11-9-29)33-12-14-35(15-13-33)39-25-40(36-20-16-34(17-21-36)38-7-4-24-45-28-38)42-41(26-39)47-43(46-42)37-22-18-32(19-23-37)30-5-2-1-3-6-30/h1-23,25-26,38,43,45-46H,24,28H2/t38?,43-/m1/s1. The Morgan fingerprint density at radius 2 is 1.17 bits per heavy atom. The summed E-state index contributed by atoms with van der Waals surface area (Å²) in [5.74, 6) is 1.23. The van der Waals surface area contributed by atoms with Crippen LogP contribution in [0.15, 0.2) is 152 Å². The Labute approximate surface area is 275 Å². The summed E-state index contributed by atoms with van der Waals surface area (Å²) in [6.45, 7) is 1.89. The highest BCUT2D eigenvalue weighted by Gasteiger charge is 2.28. The molecule has 8 rings (SSSR count). The minimum Gasteiger partial charge on any atom is -0.464 e. The average Bonchev–Trinajstić information content (AvgIpc) is 3.60. The molecule has 4 nitrogen and oxygen atoms in total. The summed E-state index contributed by atoms with van der Waals surface area (Å²) in [5.41, 5.74) is 13.1. The number of anilines is 1. The van der Waals surface area contributed by atoms with Crippen LogP contribution in [0.4, 0.5) is 5.69 Å². The second-order valence-electron chi connectivity index (χ2n) is 12.1. The van der Waals surface area contributed by atoms with Crippen LogP contribution in [0, 0.1) is 11.3 Å². The fourth-order valence-electron chi connectivity index (χ4n) is 6.53. The van der Waals surface area contributed by atoms with Crippen LogP contribution in [0.2, 0.25) is 0 Å². The molecule has 0 saturated heterocycles. The van der Waals surface area contributed by atoms with Crippen molar-refractivity contribution >= 4 is 5.69 Å². The third-order valence-electron chi connectivity index (χ3n) is 9.15. The summed E-state index contributed by atoms with van der Waals surface area (Å²) in [5, 5.41) is 16.3. The molecule has 0 bridgehead atoms. The van der Waals surface area contributed by atoms with Gasteiger partial charge in [0, 0.05) is 30.1 Å². The fraction of sp³-hybridized carbons (Fsp3) is 0.0930. The monoisotopic (exact) mass is 607 g/mol. The molecule has 2 N–H and O–H groups in total. The number of hydrogen-bond acceptors (Lipinski definition) is 4. The molecule has 6 aromatic carbocycles. The summed E-state index contributed by atoms with van der Waals surface area (Å²) in [7, 11) is 0. The molecular weight excluding hydrogens is 574 g/mol. The third-order valence-corrected chi connectivity index (χ3v) is 9.15. The Hall–Kier alpha value is -5.89. The van der Waals surface area contributed by atoms with Crippen molar-refractivity contribution < 1.29 is 4.74 Å². The first kappa shape index (κ1) is 28.6. The van der Waals surface area contributed by atoms with Gasteiger partial charge in [0.2, 0.25) is 0 Å². The predicted molar refractivity (Wildman–Crippen MR) is 191 cm³/mol. The summed E-state index contributed by atoms with van der Waals surface area (Å²) < 4.78 is 6.64. The zero-order chi connectivity index (χ0) is 31.6. The number of nitrogens with zero attached hydrogens (tertiary/aromatic N) is 1. The molecular formula is C43H33N3O. The van der Waals surface area contributed by atoms with Crippen LogP contribution in [0.1, 0.15) is 28.8 Å². The van der Waals surface area contributed by atoms with Crippen molar-refractivity contribution in [2.45, 2.75) is 12.1 Å². The Balaban J connectivity index is 1.14. The van der Waals surface area contributed by atoms with Gasteiger partial charge in [0.15, 0.2) is 6.23 Å². The Kier molecular flexibility index (Phi) is 7.59. The van der Waals surface area contributed by atoms with Gasteiger partial charge in [-0.1, -0.05) is 127 Å². The van der Waals surface area contributed by atoms with Crippen molar-refractivity contribution in [3.63, 3.8) is 0 Å². The smallest absolute Gasteiger partial charge is 0.196 e. The van der Waals surface area contributed by atoms with Crippen molar-refractivity contribution in [1.29, 1.82) is 5.26 Å². The lowest BCUT2D eigenvalue weighted by molar-refractivity contribution is 0.260. The quantitative estimate of drug-likeness (QED) is 0.185. The van der Waals surface area contributed by atoms with Gasteiger partial charge in [-0.25, -0.2) is 0 Å². The van der Waals surface area contributed by atoms with Crippen LogP contribution >= 0.6 is 0 Å². The van der Waals surface area contributed by atoms with Gasteiger partial charge in [-0.3, -0.25) is 0 Å². The van der Waals surface area contributed by atoms with Crippen LogP contribution in [0.25, 0.3) is 44.5 Å². The molecule has 226 valence electrons. The minimum atomic E-state index is -0.291. The van der Waals surface area contributed by atoms with Gasteiger partial charge in [0.25, 0.3) is 0 Å². The highest BCUT2D eigenvalue weighted by atomic mass is 16.5. The number of benzene rings is 6. The van der Waals surface area contributed by atoms with Gasteiger partial charge in [-0.15, -0.1) is 0 Å². The average molecular weight is 608 g/mol. The topological polar surface area (TPSA) is 57.1 Å². The first-order valence-corrected chi connectivity index (χ1v) is 16.1. The summed E-state index contributed by atoms with van der Waals surface area (Å²) in [6, 6.07) is 50.9. The molecule has 2 heterocycles. The summed E-state index contributed by atoms with van der Waals surface area (Å²) in [6.07, 6.45) is 4.22. The molecule has 2 aliphatic rings. The molecule has 4 heteroatoms. The highest BCUT2D eigenvalue weighted by molar-refractivity contribution is 5.89. The van der Waals surface area contributed by atoms with E-state index in [1.165, 1.54) is 16.7 Å². The molecule has 0 fully saturated rings. The lowest BCUT2D eigenvalue weighted by atomic mass is 9.92. The van der Waals surface area contributed by atoms with E-state index in [1.807, 2.05) is 30.3 Å². The van der Waals surface area contributed by atoms with Crippen LogP contribution in [-0.2, 0) is 0 Å². The van der Waals surface area contributed by atoms with Crippen LogP contribution < -0.4 is 15.4 Å². The molecule has 0 amide bonds. The van der Waals surface area contributed by atoms with Crippen LogP contribution in [-0.4, -0.2) is 13.1 Å². The lowest BCUT2D eigenvalue weighted by Gasteiger charge is -2.18. The van der Waals surface area contributed by atoms with E-state index in [4.69, 9.17) is 4.74 Å². The summed E-state index contributed by atoms with van der Waals surface area (Å²) >= 11 is 0. The Morgan fingerprint density at radius 3 is 1.81 bits per heavy atom. The number of rotatable bonds is 6. The molecule has 0 saturated carbocycles. The largest absolute Gasteiger partial charge is 0.464 e. The van der Waals surface area contributed by atoms with Crippen LogP contribution in [0.5, 0.6) is 5.75 Å². The number of fused-ring (bicyclic) bond motifs is 1. The minimum absolute atomic E-state index is 0.291. The van der Waals surface area contributed by atoms with Gasteiger partial charge < -0.3 is 15.4 Å². The van der Waals surface area contributed by atoms with Gasteiger partial charge >= 0.3 is 0 Å². The van der Waals surface area contributed by atoms with Crippen molar-refractivity contribution in [3.05, 3.63) is 168 Å². The SMILES string of the molecule is N#Cc1ccc(-c2ccc(-c3cc4c(c(-c5ccc(C6C=CCNC6)cc5)c3)N[C@@H](c3ccc(-c5ccccc5)cc3)O4)cc2)cc1. The van der Waals surface area contributed by atoms with E-state index in [0.717, 1.165) is 63.5 Å². The van der Waals surface area contributed by atoms with Crippen molar-refractivity contribution in [2.24, 2.45) is 0 Å². The molecule has 0 aromatic heterocycles. The second-order valence-corrected chi connectivity index (χ2v) is 12.1. The number of nitrogens with one attached hydrogen (secondary N) is 2. The first-order valence-electron chi connectivity index (χ1n) is 16.1. The predicted octanol–water partition coefficient (Wildman–Crippen LogP) is 9.97. The fourth-order valence-corrected chi connectivity index (χ4v) is 6.53. The highest BCUT2D eigenvalue weighted by Crippen LogP contribution is 2.47. The first-order chi connectivity index (χ1) is 23.2. The third kappa shape index (κ3) is 5.81. The molecule has 1 unspecified atom stereocenters. The molecule has 0 spiro atoms. The maximum atomic E-state index is 9.17. The zero-order valence-electron chi connectivity index (χ0n) is 25.9. The second kappa shape index (κ2) is 12.5. The van der Waals surface area contributed by atoms with E-state index in [2.05, 4.69) is 138 Å². The number of ether oxygens (including phenoxy) is 1. The number of hydrogen-bond donors (Lipinski definition) is 2. The molecule has 6 aromatic rings. The molecule has 2 aliphatic heterocycles. The van der Waals surface area contributed by atoms with E-state index in [9.17, 15) is 5.26 Å². The van der Waals surface area contributed by atoms with E-state index in [1.54, 1.807) is 0 Å². The molecule has 47 heavy (non-hydrogen) atoms. The van der Waals surface area contributed by atoms with Crippen LogP contribution in [0.3, 0.4) is 0 Å². The molecule has 0 aliphatic carbocycles. The van der Waals surface area contributed by atoms with E-state index < -0.39 is 0 Å². The van der Waals surface area contributed by atoms with Crippen molar-refractivity contribution in [1.82, 2.24) is 5.32 Å². The van der Waals surface area contributed by atoms with Gasteiger partial charge in [0.05, 0.1) is 17.3 Å². The van der Waals surface area contributed by atoms with Gasteiger partial charge in [0.1, 0.15) is 5.75 Å². The summed E-state index contributed by atoms with van der Waals surface area (Å²) in [4.78, 5) is 0. The van der Waals surface area contributed by atoms with Crippen molar-refractivity contribution in [3.8, 4) is 56.3 Å². The maximum absolute atomic E-state index is 9.17. The lowest BCUT2D eigenvalue weighted by Crippen LogP contribution is -2.24. The van der Waals surface area contributed by atoms with Crippen molar-refractivity contribution in [2.75, 3.05) is 18.4 Å². The van der Waals surface area contributed by atoms with Gasteiger partial charge in [-0.2, -0.15) is 5.26 Å². The van der Waals surface area contributed by atoms with E-state index in [0.29, 0.717) is 11.5 Å². The maximum Gasteiger partial charge on any atom is 0.196 e. The Bertz CT molecular complexity index is 2090. The molecule has 2 atom stereocenters. The normalized spacial score (nSPS) is 16.5.